The van der Waals surface area contributed by atoms with E-state index in [1.165, 1.54) is 6.20 Å². The predicted molar refractivity (Wildman–Crippen MR) is 92.9 cm³/mol. The Morgan fingerprint density at radius 1 is 1.17 bits per heavy atom. The Balaban J connectivity index is 1.59. The second kappa shape index (κ2) is 7.94. The molecule has 1 aromatic heterocycles. The van der Waals surface area contributed by atoms with Crippen molar-refractivity contribution in [1.82, 2.24) is 14.8 Å². The molecule has 1 unspecified atom stereocenters. The number of hydrogen-bond acceptors (Lipinski definition) is 4. The van der Waals surface area contributed by atoms with Gasteiger partial charge < -0.3 is 10.2 Å². The lowest BCUT2D eigenvalue weighted by molar-refractivity contribution is -0.137. The van der Waals surface area contributed by atoms with E-state index in [0.29, 0.717) is 10.8 Å². The third kappa shape index (κ3) is 4.24. The highest BCUT2D eigenvalue weighted by Gasteiger charge is 2.33. The number of likely N-dealkylation sites (tertiary alicyclic amines) is 2. The molecular formula is C17H23ClN4O2. The van der Waals surface area contributed by atoms with E-state index in [9.17, 15) is 9.59 Å². The fourth-order valence-corrected chi connectivity index (χ4v) is 3.54. The Kier molecular flexibility index (Phi) is 5.68. The number of nitrogens with one attached hydrogen (secondary N) is 1. The van der Waals surface area contributed by atoms with Crippen LogP contribution in [0.1, 0.15) is 32.1 Å². The second-order valence-corrected chi connectivity index (χ2v) is 6.86. The van der Waals surface area contributed by atoms with E-state index < -0.39 is 0 Å². The van der Waals surface area contributed by atoms with Crippen LogP contribution >= 0.6 is 11.6 Å². The van der Waals surface area contributed by atoms with Gasteiger partial charge in [0.25, 0.3) is 0 Å². The molecule has 1 aromatic rings. The topological polar surface area (TPSA) is 65.5 Å². The van der Waals surface area contributed by atoms with Crippen LogP contribution in [-0.4, -0.2) is 58.8 Å². The summed E-state index contributed by atoms with van der Waals surface area (Å²) in [7, 11) is 0. The highest BCUT2D eigenvalue weighted by atomic mass is 35.5. The van der Waals surface area contributed by atoms with Crippen LogP contribution < -0.4 is 5.32 Å². The number of amides is 2. The van der Waals surface area contributed by atoms with E-state index in [2.05, 4.69) is 10.3 Å². The third-order valence-electron chi connectivity index (χ3n) is 4.66. The number of anilines is 1. The number of hydrogen-bond donors (Lipinski definition) is 1. The second-order valence-electron chi connectivity index (χ2n) is 6.42. The molecule has 1 atom stereocenters. The van der Waals surface area contributed by atoms with Crippen LogP contribution in [0.3, 0.4) is 0 Å². The van der Waals surface area contributed by atoms with Crippen molar-refractivity contribution >= 4 is 29.2 Å². The van der Waals surface area contributed by atoms with Gasteiger partial charge in [0, 0.05) is 19.3 Å². The molecule has 2 aliphatic heterocycles. The van der Waals surface area contributed by atoms with Gasteiger partial charge in [-0.2, -0.15) is 0 Å². The number of rotatable bonds is 4. The Hall–Kier alpha value is -1.66. The minimum absolute atomic E-state index is 0.147. The predicted octanol–water partition coefficient (Wildman–Crippen LogP) is 2.15. The number of halogens is 1. The number of nitrogens with zero attached hydrogens (tertiary/aromatic N) is 3. The fourth-order valence-electron chi connectivity index (χ4n) is 3.42. The SMILES string of the molecule is O=C(CN1CCCCC1C(=O)N1CCCC1)Nc1ccc(Cl)cn1. The molecule has 3 rings (SSSR count). The minimum atomic E-state index is -0.166. The summed E-state index contributed by atoms with van der Waals surface area (Å²) in [5.41, 5.74) is 0. The monoisotopic (exact) mass is 350 g/mol. The van der Waals surface area contributed by atoms with E-state index in [1.807, 2.05) is 9.80 Å². The third-order valence-corrected chi connectivity index (χ3v) is 4.88. The minimum Gasteiger partial charge on any atom is -0.341 e. The first-order valence-corrected chi connectivity index (χ1v) is 8.95. The molecule has 0 spiro atoms. The number of carbonyl (C=O) groups excluding carboxylic acids is 2. The van der Waals surface area contributed by atoms with Crippen molar-refractivity contribution in [3.05, 3.63) is 23.4 Å². The summed E-state index contributed by atoms with van der Waals surface area (Å²) < 4.78 is 0. The van der Waals surface area contributed by atoms with Crippen LogP contribution in [-0.2, 0) is 9.59 Å². The largest absolute Gasteiger partial charge is 0.341 e. The lowest BCUT2D eigenvalue weighted by Gasteiger charge is -2.36. The van der Waals surface area contributed by atoms with Gasteiger partial charge in [-0.1, -0.05) is 18.0 Å². The van der Waals surface area contributed by atoms with Gasteiger partial charge in [0.05, 0.1) is 17.6 Å². The van der Waals surface area contributed by atoms with Gasteiger partial charge in [0.15, 0.2) is 0 Å². The Morgan fingerprint density at radius 3 is 2.62 bits per heavy atom. The maximum Gasteiger partial charge on any atom is 0.239 e. The quantitative estimate of drug-likeness (QED) is 0.903. The van der Waals surface area contributed by atoms with Crippen molar-refractivity contribution < 1.29 is 9.59 Å². The van der Waals surface area contributed by atoms with Crippen molar-refractivity contribution in [2.75, 3.05) is 31.5 Å². The van der Waals surface area contributed by atoms with Crippen LogP contribution in [0.15, 0.2) is 18.3 Å². The summed E-state index contributed by atoms with van der Waals surface area (Å²) in [5.74, 6) is 0.513. The first kappa shape index (κ1) is 17.2. The highest BCUT2D eigenvalue weighted by molar-refractivity contribution is 6.30. The average molecular weight is 351 g/mol. The van der Waals surface area contributed by atoms with Crippen LogP contribution in [0.5, 0.6) is 0 Å². The smallest absolute Gasteiger partial charge is 0.239 e. The van der Waals surface area contributed by atoms with E-state index >= 15 is 0 Å². The lowest BCUT2D eigenvalue weighted by Crippen LogP contribution is -2.52. The maximum atomic E-state index is 12.7. The van der Waals surface area contributed by atoms with Crippen molar-refractivity contribution in [1.29, 1.82) is 0 Å². The summed E-state index contributed by atoms with van der Waals surface area (Å²) in [5, 5.41) is 3.30. The number of carbonyl (C=O) groups is 2. The summed E-state index contributed by atoms with van der Waals surface area (Å²) >= 11 is 5.79. The molecule has 0 aliphatic carbocycles. The zero-order valence-corrected chi connectivity index (χ0v) is 14.5. The van der Waals surface area contributed by atoms with Crippen LogP contribution in [0.2, 0.25) is 5.02 Å². The van der Waals surface area contributed by atoms with Crippen molar-refractivity contribution in [3.8, 4) is 0 Å². The number of pyridine rings is 1. The van der Waals surface area contributed by atoms with Gasteiger partial charge in [0.1, 0.15) is 5.82 Å². The summed E-state index contributed by atoms with van der Waals surface area (Å²) in [6.45, 7) is 2.70. The molecule has 2 fully saturated rings. The van der Waals surface area contributed by atoms with E-state index in [0.717, 1.165) is 51.7 Å². The molecule has 2 aliphatic rings. The van der Waals surface area contributed by atoms with Gasteiger partial charge in [-0.3, -0.25) is 14.5 Å². The van der Waals surface area contributed by atoms with Crippen LogP contribution in [0.4, 0.5) is 5.82 Å². The molecule has 7 heteroatoms. The lowest BCUT2D eigenvalue weighted by atomic mass is 10.0. The first-order chi connectivity index (χ1) is 11.6. The zero-order valence-electron chi connectivity index (χ0n) is 13.7. The molecule has 2 saturated heterocycles. The molecule has 6 nitrogen and oxygen atoms in total. The van der Waals surface area contributed by atoms with Gasteiger partial charge in [-0.05, 0) is 44.4 Å². The van der Waals surface area contributed by atoms with Gasteiger partial charge >= 0.3 is 0 Å². The molecule has 24 heavy (non-hydrogen) atoms. The maximum absolute atomic E-state index is 12.7. The van der Waals surface area contributed by atoms with Gasteiger partial charge in [-0.25, -0.2) is 4.98 Å². The normalized spacial score (nSPS) is 21.7. The average Bonchev–Trinajstić information content (AvgIpc) is 3.11. The Morgan fingerprint density at radius 2 is 1.92 bits per heavy atom. The van der Waals surface area contributed by atoms with Crippen LogP contribution in [0.25, 0.3) is 0 Å². The molecule has 130 valence electrons. The number of piperidine rings is 1. The molecule has 0 aromatic carbocycles. The van der Waals surface area contributed by atoms with Gasteiger partial charge in [-0.15, -0.1) is 0 Å². The summed E-state index contributed by atoms with van der Waals surface area (Å²) in [6, 6.07) is 3.19. The Bertz CT molecular complexity index is 587. The molecule has 0 bridgehead atoms. The van der Waals surface area contributed by atoms with E-state index in [1.54, 1.807) is 12.1 Å². The standard InChI is InChI=1S/C17H23ClN4O2/c18-13-6-7-15(19-11-13)20-16(23)12-22-10-2-1-5-14(22)17(24)21-8-3-4-9-21/h6-7,11,14H,1-5,8-10,12H2,(H,19,20,23). The highest BCUT2D eigenvalue weighted by Crippen LogP contribution is 2.21. The van der Waals surface area contributed by atoms with E-state index in [4.69, 9.17) is 11.6 Å². The van der Waals surface area contributed by atoms with Crippen molar-refractivity contribution in [2.24, 2.45) is 0 Å². The van der Waals surface area contributed by atoms with Crippen molar-refractivity contribution in [3.63, 3.8) is 0 Å². The van der Waals surface area contributed by atoms with Crippen LogP contribution in [0, 0.1) is 0 Å². The molecule has 0 saturated carbocycles. The number of aromatic nitrogens is 1. The first-order valence-electron chi connectivity index (χ1n) is 8.58. The summed E-state index contributed by atoms with van der Waals surface area (Å²) in [4.78, 5) is 33.0. The molecular weight excluding hydrogens is 328 g/mol. The zero-order chi connectivity index (χ0) is 16.9. The Labute approximate surface area is 147 Å². The molecule has 0 radical (unpaired) electrons. The van der Waals surface area contributed by atoms with E-state index in [-0.39, 0.29) is 24.4 Å². The fraction of sp³-hybridized carbons (Fsp3) is 0.588. The molecule has 2 amide bonds. The van der Waals surface area contributed by atoms with Gasteiger partial charge in [0.2, 0.25) is 11.8 Å². The molecule has 3 heterocycles. The van der Waals surface area contributed by atoms with Crippen molar-refractivity contribution in [2.45, 2.75) is 38.1 Å². The molecule has 1 N–H and O–H groups in total. The summed E-state index contributed by atoms with van der Waals surface area (Å²) in [6.07, 6.45) is 6.57.